The second-order valence-electron chi connectivity index (χ2n) is 5.25. The number of carbonyl (C=O) groups is 1. The summed E-state index contributed by atoms with van der Waals surface area (Å²) in [5.41, 5.74) is 0.651. The SMILES string of the molecule is CCCCS(=O)(=O)N1CCNC(=O)C1c1ccc(OC)cc1. The number of hydrogen-bond donors (Lipinski definition) is 1. The van der Waals surface area contributed by atoms with Crippen LogP contribution in [0.3, 0.4) is 0 Å². The molecule has 0 bridgehead atoms. The topological polar surface area (TPSA) is 75.7 Å². The van der Waals surface area contributed by atoms with Gasteiger partial charge in [-0.2, -0.15) is 4.31 Å². The lowest BCUT2D eigenvalue weighted by Gasteiger charge is -2.34. The first-order chi connectivity index (χ1) is 10.5. The number of hydrogen-bond acceptors (Lipinski definition) is 4. The van der Waals surface area contributed by atoms with Crippen molar-refractivity contribution in [3.8, 4) is 5.75 Å². The van der Waals surface area contributed by atoms with Crippen molar-refractivity contribution in [1.29, 1.82) is 0 Å². The largest absolute Gasteiger partial charge is 0.497 e. The molecule has 1 aromatic carbocycles. The molecule has 1 fully saturated rings. The molecule has 1 amide bonds. The molecular weight excluding hydrogens is 304 g/mol. The third kappa shape index (κ3) is 3.59. The second kappa shape index (κ2) is 7.11. The van der Waals surface area contributed by atoms with Crippen molar-refractivity contribution < 1.29 is 17.9 Å². The molecule has 7 heteroatoms. The van der Waals surface area contributed by atoms with Gasteiger partial charge < -0.3 is 10.1 Å². The summed E-state index contributed by atoms with van der Waals surface area (Å²) in [5, 5.41) is 2.74. The summed E-state index contributed by atoms with van der Waals surface area (Å²) in [6.45, 7) is 2.59. The fourth-order valence-corrected chi connectivity index (χ4v) is 4.29. The van der Waals surface area contributed by atoms with Gasteiger partial charge in [-0.3, -0.25) is 4.79 Å². The second-order valence-corrected chi connectivity index (χ2v) is 7.29. The average Bonchev–Trinajstić information content (AvgIpc) is 2.53. The first kappa shape index (κ1) is 16.8. The number of nitrogens with zero attached hydrogens (tertiary/aromatic N) is 1. The van der Waals surface area contributed by atoms with Crippen LogP contribution in [0.4, 0.5) is 0 Å². The van der Waals surface area contributed by atoms with Crippen LogP contribution in [0.15, 0.2) is 24.3 Å². The Morgan fingerprint density at radius 2 is 2.00 bits per heavy atom. The van der Waals surface area contributed by atoms with E-state index in [0.717, 1.165) is 6.42 Å². The first-order valence-corrected chi connectivity index (χ1v) is 9.01. The third-order valence-electron chi connectivity index (χ3n) is 3.71. The van der Waals surface area contributed by atoms with Gasteiger partial charge in [0, 0.05) is 13.1 Å². The molecule has 1 atom stereocenters. The lowest BCUT2D eigenvalue weighted by Crippen LogP contribution is -2.52. The Morgan fingerprint density at radius 1 is 1.32 bits per heavy atom. The molecule has 22 heavy (non-hydrogen) atoms. The van der Waals surface area contributed by atoms with Gasteiger partial charge in [-0.25, -0.2) is 8.42 Å². The molecule has 1 saturated heterocycles. The van der Waals surface area contributed by atoms with Crippen LogP contribution in [0.2, 0.25) is 0 Å². The van der Waals surface area contributed by atoms with Gasteiger partial charge >= 0.3 is 0 Å². The van der Waals surface area contributed by atoms with Crippen LogP contribution in [0, 0.1) is 0 Å². The van der Waals surface area contributed by atoms with Gasteiger partial charge in [0.25, 0.3) is 0 Å². The average molecular weight is 326 g/mol. The van der Waals surface area contributed by atoms with Gasteiger partial charge in [-0.1, -0.05) is 25.5 Å². The van der Waals surface area contributed by atoms with E-state index in [1.54, 1.807) is 31.4 Å². The van der Waals surface area contributed by atoms with Crippen LogP contribution in [0.25, 0.3) is 0 Å². The normalized spacial score (nSPS) is 19.7. The highest BCUT2D eigenvalue weighted by atomic mass is 32.2. The number of methoxy groups -OCH3 is 1. The summed E-state index contributed by atoms with van der Waals surface area (Å²) in [7, 11) is -1.89. The molecule has 2 rings (SSSR count). The highest BCUT2D eigenvalue weighted by molar-refractivity contribution is 7.89. The minimum atomic E-state index is -3.45. The number of piperazine rings is 1. The molecule has 0 spiro atoms. The molecule has 1 heterocycles. The van der Waals surface area contributed by atoms with Crippen molar-refractivity contribution in [2.24, 2.45) is 0 Å². The predicted molar refractivity (Wildman–Crippen MR) is 84.1 cm³/mol. The number of carbonyl (C=O) groups excluding carboxylic acids is 1. The van der Waals surface area contributed by atoms with Crippen LogP contribution >= 0.6 is 0 Å². The smallest absolute Gasteiger partial charge is 0.243 e. The monoisotopic (exact) mass is 326 g/mol. The summed E-state index contributed by atoms with van der Waals surface area (Å²) in [4.78, 5) is 12.2. The van der Waals surface area contributed by atoms with Crippen molar-refractivity contribution in [3.05, 3.63) is 29.8 Å². The maximum Gasteiger partial charge on any atom is 0.243 e. The summed E-state index contributed by atoms with van der Waals surface area (Å²) >= 11 is 0. The van der Waals surface area contributed by atoms with E-state index in [2.05, 4.69) is 5.32 Å². The zero-order valence-corrected chi connectivity index (χ0v) is 13.7. The number of rotatable bonds is 6. The Balaban J connectivity index is 2.32. The lowest BCUT2D eigenvalue weighted by atomic mass is 10.0. The number of ether oxygens (including phenoxy) is 1. The molecule has 0 saturated carbocycles. The van der Waals surface area contributed by atoms with Crippen molar-refractivity contribution in [2.75, 3.05) is 26.0 Å². The zero-order chi connectivity index (χ0) is 16.2. The number of nitrogens with one attached hydrogen (secondary N) is 1. The van der Waals surface area contributed by atoms with E-state index in [4.69, 9.17) is 4.74 Å². The van der Waals surface area contributed by atoms with Crippen LogP contribution in [-0.4, -0.2) is 44.6 Å². The van der Waals surface area contributed by atoms with E-state index in [9.17, 15) is 13.2 Å². The van der Waals surface area contributed by atoms with Crippen LogP contribution in [0.5, 0.6) is 5.75 Å². The molecule has 6 nitrogen and oxygen atoms in total. The van der Waals surface area contributed by atoms with Gasteiger partial charge in [0.05, 0.1) is 12.9 Å². The van der Waals surface area contributed by atoms with Crippen molar-refractivity contribution in [3.63, 3.8) is 0 Å². The quantitative estimate of drug-likeness (QED) is 0.855. The Bertz CT molecular complexity index is 613. The van der Waals surface area contributed by atoms with E-state index in [1.807, 2.05) is 6.92 Å². The van der Waals surface area contributed by atoms with E-state index in [1.165, 1.54) is 4.31 Å². The molecule has 0 aromatic heterocycles. The molecule has 0 radical (unpaired) electrons. The van der Waals surface area contributed by atoms with Crippen molar-refractivity contribution in [1.82, 2.24) is 9.62 Å². The zero-order valence-electron chi connectivity index (χ0n) is 12.9. The third-order valence-corrected chi connectivity index (χ3v) is 5.63. The Hall–Kier alpha value is -1.60. The van der Waals surface area contributed by atoms with Crippen LogP contribution < -0.4 is 10.1 Å². The molecule has 1 N–H and O–H groups in total. The van der Waals surface area contributed by atoms with Crippen LogP contribution in [0.1, 0.15) is 31.4 Å². The highest BCUT2D eigenvalue weighted by Crippen LogP contribution is 2.28. The minimum Gasteiger partial charge on any atom is -0.497 e. The van der Waals surface area contributed by atoms with E-state index >= 15 is 0 Å². The first-order valence-electron chi connectivity index (χ1n) is 7.40. The Morgan fingerprint density at radius 3 is 2.59 bits per heavy atom. The van der Waals surface area contributed by atoms with Gasteiger partial charge in [-0.05, 0) is 24.1 Å². The fourth-order valence-electron chi connectivity index (χ4n) is 2.49. The summed E-state index contributed by atoms with van der Waals surface area (Å²) in [5.74, 6) is 0.459. The van der Waals surface area contributed by atoms with Gasteiger partial charge in [0.2, 0.25) is 15.9 Å². The maximum absolute atomic E-state index is 12.5. The highest BCUT2D eigenvalue weighted by Gasteiger charge is 2.38. The molecule has 1 unspecified atom stereocenters. The van der Waals surface area contributed by atoms with Crippen LogP contribution in [-0.2, 0) is 14.8 Å². The van der Waals surface area contributed by atoms with E-state index in [-0.39, 0.29) is 11.7 Å². The number of unbranched alkanes of at least 4 members (excludes halogenated alkanes) is 1. The Kier molecular flexibility index (Phi) is 5.42. The lowest BCUT2D eigenvalue weighted by molar-refractivity contribution is -0.126. The maximum atomic E-state index is 12.5. The molecule has 1 aromatic rings. The number of amides is 1. The fraction of sp³-hybridized carbons (Fsp3) is 0.533. The molecular formula is C15H22N2O4S. The molecule has 1 aliphatic rings. The summed E-state index contributed by atoms with van der Waals surface area (Å²) in [6.07, 6.45) is 1.39. The molecule has 1 aliphatic heterocycles. The standard InChI is InChI=1S/C15H22N2O4S/c1-3-4-11-22(19,20)17-10-9-16-15(18)14(17)12-5-7-13(21-2)8-6-12/h5-8,14H,3-4,9-11H2,1-2H3,(H,16,18). The predicted octanol–water partition coefficient (Wildman–Crippen LogP) is 1.30. The van der Waals surface area contributed by atoms with Gasteiger partial charge in [0.15, 0.2) is 0 Å². The van der Waals surface area contributed by atoms with Crippen molar-refractivity contribution >= 4 is 15.9 Å². The van der Waals surface area contributed by atoms with Gasteiger partial charge in [0.1, 0.15) is 11.8 Å². The summed E-state index contributed by atoms with van der Waals surface area (Å²) < 4.78 is 31.5. The number of benzene rings is 1. The van der Waals surface area contributed by atoms with Crippen molar-refractivity contribution in [2.45, 2.75) is 25.8 Å². The Labute approximate surface area is 131 Å². The van der Waals surface area contributed by atoms with E-state index < -0.39 is 16.1 Å². The van der Waals surface area contributed by atoms with Gasteiger partial charge in [-0.15, -0.1) is 0 Å². The molecule has 122 valence electrons. The summed E-state index contributed by atoms with van der Waals surface area (Å²) in [6, 6.07) is 6.12. The minimum absolute atomic E-state index is 0.0729. The molecule has 0 aliphatic carbocycles. The van der Waals surface area contributed by atoms with E-state index in [0.29, 0.717) is 30.8 Å². The number of sulfonamides is 1.